The Hall–Kier alpha value is -2.76. The average molecular weight is 418 g/mol. The van der Waals surface area contributed by atoms with Crippen molar-refractivity contribution in [3.05, 3.63) is 72.1 Å². The number of aromatic nitrogens is 1. The number of hydrogen-bond donors (Lipinski definition) is 1. The van der Waals surface area contributed by atoms with Crippen LogP contribution in [0, 0.1) is 11.7 Å². The van der Waals surface area contributed by atoms with Crippen LogP contribution in [-0.2, 0) is 6.54 Å². The molecule has 5 rings (SSSR count). The van der Waals surface area contributed by atoms with E-state index >= 15 is 0 Å². The SMILES string of the molecule is COc1cccc(-c2nc3cc(F)ccc3cc2CNCCCN2CC3C=CC2C3)c1. The Labute approximate surface area is 182 Å². The third-order valence-electron chi connectivity index (χ3n) is 6.40. The van der Waals surface area contributed by atoms with Gasteiger partial charge >= 0.3 is 0 Å². The lowest BCUT2D eigenvalue weighted by Gasteiger charge is -2.23. The van der Waals surface area contributed by atoms with Gasteiger partial charge in [-0.1, -0.05) is 24.3 Å². The van der Waals surface area contributed by atoms with E-state index in [2.05, 4.69) is 28.4 Å². The monoisotopic (exact) mass is 417 g/mol. The number of hydrogen-bond acceptors (Lipinski definition) is 4. The Bertz CT molecular complexity index is 1110. The molecule has 1 aliphatic heterocycles. The lowest BCUT2D eigenvalue weighted by molar-refractivity contribution is 0.274. The smallest absolute Gasteiger partial charge is 0.125 e. The van der Waals surface area contributed by atoms with Crippen molar-refractivity contribution < 1.29 is 9.13 Å². The maximum absolute atomic E-state index is 13.8. The van der Waals surface area contributed by atoms with E-state index in [1.807, 2.05) is 24.3 Å². The number of nitrogens with zero attached hydrogens (tertiary/aromatic N) is 2. The van der Waals surface area contributed by atoms with Crippen molar-refractivity contribution in [1.29, 1.82) is 0 Å². The van der Waals surface area contributed by atoms with Crippen LogP contribution in [-0.4, -0.2) is 42.7 Å². The molecule has 2 aliphatic rings. The molecule has 2 aromatic carbocycles. The minimum atomic E-state index is -0.270. The number of benzene rings is 2. The first-order chi connectivity index (χ1) is 15.2. The summed E-state index contributed by atoms with van der Waals surface area (Å²) in [5, 5.41) is 4.54. The summed E-state index contributed by atoms with van der Waals surface area (Å²) >= 11 is 0. The molecule has 0 radical (unpaired) electrons. The predicted octanol–water partition coefficient (Wildman–Crippen LogP) is 4.79. The zero-order chi connectivity index (χ0) is 21.2. The summed E-state index contributed by atoms with van der Waals surface area (Å²) in [6.07, 6.45) is 7.17. The summed E-state index contributed by atoms with van der Waals surface area (Å²) in [6.45, 7) is 4.03. The van der Waals surface area contributed by atoms with Crippen molar-refractivity contribution in [3.8, 4) is 17.0 Å². The van der Waals surface area contributed by atoms with E-state index in [1.165, 1.54) is 25.1 Å². The molecule has 5 heteroatoms. The molecule has 2 heterocycles. The molecule has 1 aliphatic carbocycles. The number of ether oxygens (including phenoxy) is 1. The Morgan fingerprint density at radius 3 is 2.90 bits per heavy atom. The average Bonchev–Trinajstić information content (AvgIpc) is 3.42. The molecule has 2 bridgehead atoms. The minimum absolute atomic E-state index is 0.270. The first-order valence-corrected chi connectivity index (χ1v) is 11.1. The summed E-state index contributed by atoms with van der Waals surface area (Å²) in [5.41, 5.74) is 3.61. The number of nitrogens with one attached hydrogen (secondary N) is 1. The second-order valence-electron chi connectivity index (χ2n) is 8.54. The Morgan fingerprint density at radius 1 is 1.16 bits per heavy atom. The van der Waals surface area contributed by atoms with E-state index in [9.17, 15) is 4.39 Å². The highest BCUT2D eigenvalue weighted by atomic mass is 19.1. The normalized spacial score (nSPS) is 20.1. The van der Waals surface area contributed by atoms with Gasteiger partial charge in [0.05, 0.1) is 18.3 Å². The lowest BCUT2D eigenvalue weighted by atomic mass is 10.0. The number of rotatable bonds is 8. The van der Waals surface area contributed by atoms with Gasteiger partial charge in [0, 0.05) is 36.1 Å². The number of fused-ring (bicyclic) bond motifs is 3. The molecular formula is C26H28FN3O. The van der Waals surface area contributed by atoms with Crippen LogP contribution in [0.4, 0.5) is 4.39 Å². The zero-order valence-corrected chi connectivity index (χ0v) is 17.9. The van der Waals surface area contributed by atoms with Gasteiger partial charge in [-0.15, -0.1) is 0 Å². The summed E-state index contributed by atoms with van der Waals surface area (Å²) in [6, 6.07) is 15.4. The summed E-state index contributed by atoms with van der Waals surface area (Å²) < 4.78 is 19.2. The molecule has 0 saturated carbocycles. The van der Waals surface area contributed by atoms with Crippen molar-refractivity contribution in [2.45, 2.75) is 25.4 Å². The van der Waals surface area contributed by atoms with Gasteiger partial charge in [-0.2, -0.15) is 0 Å². The molecule has 1 fully saturated rings. The van der Waals surface area contributed by atoms with Crippen LogP contribution in [0.5, 0.6) is 5.75 Å². The Morgan fingerprint density at radius 2 is 2.10 bits per heavy atom. The molecular weight excluding hydrogens is 389 g/mol. The molecule has 2 unspecified atom stereocenters. The second kappa shape index (κ2) is 8.77. The Kier molecular flexibility index (Phi) is 5.70. The fraction of sp³-hybridized carbons (Fsp3) is 0.346. The molecule has 3 aromatic rings. The van der Waals surface area contributed by atoms with Crippen molar-refractivity contribution >= 4 is 10.9 Å². The maximum Gasteiger partial charge on any atom is 0.125 e. The molecule has 1 saturated heterocycles. The number of likely N-dealkylation sites (tertiary alicyclic amines) is 1. The highest BCUT2D eigenvalue weighted by Gasteiger charge is 2.32. The molecule has 31 heavy (non-hydrogen) atoms. The summed E-state index contributed by atoms with van der Waals surface area (Å²) in [5.74, 6) is 1.29. The zero-order valence-electron chi connectivity index (χ0n) is 17.9. The fourth-order valence-corrected chi connectivity index (χ4v) is 4.82. The van der Waals surface area contributed by atoms with Crippen molar-refractivity contribution in [3.63, 3.8) is 0 Å². The van der Waals surface area contributed by atoms with Gasteiger partial charge in [-0.05, 0) is 67.7 Å². The van der Waals surface area contributed by atoms with Gasteiger partial charge in [0.1, 0.15) is 11.6 Å². The van der Waals surface area contributed by atoms with E-state index in [0.29, 0.717) is 11.6 Å². The first-order valence-electron chi connectivity index (χ1n) is 11.1. The number of halogens is 1. The van der Waals surface area contributed by atoms with E-state index in [4.69, 9.17) is 9.72 Å². The van der Waals surface area contributed by atoms with Gasteiger partial charge in [0.15, 0.2) is 0 Å². The fourth-order valence-electron chi connectivity index (χ4n) is 4.82. The van der Waals surface area contributed by atoms with Gasteiger partial charge in [0.2, 0.25) is 0 Å². The minimum Gasteiger partial charge on any atom is -0.497 e. The molecule has 0 amide bonds. The highest BCUT2D eigenvalue weighted by molar-refractivity contribution is 5.83. The van der Waals surface area contributed by atoms with Crippen molar-refractivity contribution in [2.24, 2.45) is 5.92 Å². The van der Waals surface area contributed by atoms with Crippen LogP contribution >= 0.6 is 0 Å². The largest absolute Gasteiger partial charge is 0.497 e. The van der Waals surface area contributed by atoms with Crippen LogP contribution in [0.1, 0.15) is 18.4 Å². The van der Waals surface area contributed by atoms with Gasteiger partial charge < -0.3 is 10.1 Å². The molecule has 1 N–H and O–H groups in total. The Balaban J connectivity index is 1.31. The first kappa shape index (κ1) is 20.2. The summed E-state index contributed by atoms with van der Waals surface area (Å²) in [4.78, 5) is 7.42. The van der Waals surface area contributed by atoms with Gasteiger partial charge in [-0.25, -0.2) is 9.37 Å². The van der Waals surface area contributed by atoms with Crippen LogP contribution in [0.2, 0.25) is 0 Å². The quantitative estimate of drug-likeness (QED) is 0.422. The highest BCUT2D eigenvalue weighted by Crippen LogP contribution is 2.31. The molecule has 0 spiro atoms. The second-order valence-corrected chi connectivity index (χ2v) is 8.54. The van der Waals surface area contributed by atoms with E-state index in [0.717, 1.165) is 59.9 Å². The van der Waals surface area contributed by atoms with E-state index in [-0.39, 0.29) is 5.82 Å². The predicted molar refractivity (Wildman–Crippen MR) is 123 cm³/mol. The van der Waals surface area contributed by atoms with Crippen molar-refractivity contribution in [1.82, 2.24) is 15.2 Å². The van der Waals surface area contributed by atoms with Crippen LogP contribution in [0.15, 0.2) is 60.7 Å². The molecule has 4 nitrogen and oxygen atoms in total. The van der Waals surface area contributed by atoms with Crippen LogP contribution in [0.25, 0.3) is 22.2 Å². The van der Waals surface area contributed by atoms with Gasteiger partial charge in [-0.3, -0.25) is 4.90 Å². The van der Waals surface area contributed by atoms with E-state index in [1.54, 1.807) is 13.2 Å². The third-order valence-corrected chi connectivity index (χ3v) is 6.40. The lowest BCUT2D eigenvalue weighted by Crippen LogP contribution is -2.32. The van der Waals surface area contributed by atoms with Crippen LogP contribution < -0.4 is 10.1 Å². The number of methoxy groups -OCH3 is 1. The van der Waals surface area contributed by atoms with Crippen molar-refractivity contribution in [2.75, 3.05) is 26.7 Å². The molecule has 2 atom stereocenters. The van der Waals surface area contributed by atoms with Gasteiger partial charge in [0.25, 0.3) is 0 Å². The van der Waals surface area contributed by atoms with E-state index < -0.39 is 0 Å². The molecule has 160 valence electrons. The third kappa shape index (κ3) is 4.34. The number of pyridine rings is 1. The topological polar surface area (TPSA) is 37.4 Å². The van der Waals surface area contributed by atoms with Crippen LogP contribution in [0.3, 0.4) is 0 Å². The maximum atomic E-state index is 13.8. The summed E-state index contributed by atoms with van der Waals surface area (Å²) in [7, 11) is 1.66. The molecule has 1 aromatic heterocycles. The standard InChI is InChI=1S/C26H28FN3O/c1-31-24-5-2-4-20(14-24)26-21(13-19-7-8-22(27)15-25(19)29-26)16-28-10-3-11-30-17-18-6-9-23(30)12-18/h2,4-9,13-15,18,23,28H,3,10-12,16-17H2,1H3.